The van der Waals surface area contributed by atoms with Crippen molar-refractivity contribution in [1.82, 2.24) is 10.4 Å². The van der Waals surface area contributed by atoms with Crippen LogP contribution in [0, 0.1) is 0 Å². The highest BCUT2D eigenvalue weighted by atomic mass is 32.1. The van der Waals surface area contributed by atoms with Crippen molar-refractivity contribution in [3.63, 3.8) is 0 Å². The molecule has 0 aliphatic rings. The molecule has 0 aliphatic carbocycles. The van der Waals surface area contributed by atoms with Crippen LogP contribution in [-0.4, -0.2) is 17.1 Å². The van der Waals surface area contributed by atoms with E-state index >= 15 is 0 Å². The first-order valence-corrected chi connectivity index (χ1v) is 9.65. The first-order valence-electron chi connectivity index (χ1n) is 8.71. The van der Waals surface area contributed by atoms with E-state index in [0.29, 0.717) is 12.2 Å². The number of nitrogens with zero attached hydrogens (tertiary/aromatic N) is 2. The van der Waals surface area contributed by atoms with Crippen LogP contribution in [0.2, 0.25) is 0 Å². The summed E-state index contributed by atoms with van der Waals surface area (Å²) in [5.41, 5.74) is 5.83. The number of carbonyl (C=O) groups is 1. The second-order valence-electron chi connectivity index (χ2n) is 6.07. The smallest absolute Gasteiger partial charge is 0.271 e. The topological polar surface area (TPSA) is 63.6 Å². The van der Waals surface area contributed by atoms with Gasteiger partial charge in [0.1, 0.15) is 17.9 Å². The Morgan fingerprint density at radius 3 is 2.79 bits per heavy atom. The Hall–Kier alpha value is -3.51. The Morgan fingerprint density at radius 1 is 1.11 bits per heavy atom. The largest absolute Gasteiger partial charge is 0.487 e. The van der Waals surface area contributed by atoms with Crippen molar-refractivity contribution in [2.24, 2.45) is 5.10 Å². The normalized spacial score (nSPS) is 11.0. The van der Waals surface area contributed by atoms with Crippen molar-refractivity contribution in [3.05, 3.63) is 94.3 Å². The van der Waals surface area contributed by atoms with E-state index in [-0.39, 0.29) is 5.91 Å². The number of fused-ring (bicyclic) bond motifs is 1. The molecule has 2 heterocycles. The van der Waals surface area contributed by atoms with Crippen LogP contribution < -0.4 is 10.2 Å². The van der Waals surface area contributed by atoms with Gasteiger partial charge in [-0.2, -0.15) is 16.4 Å². The molecule has 4 aromatic rings. The molecule has 0 atom stereocenters. The number of amides is 1. The summed E-state index contributed by atoms with van der Waals surface area (Å²) in [6.45, 7) is 0.397. The second kappa shape index (κ2) is 8.45. The highest BCUT2D eigenvalue weighted by Crippen LogP contribution is 2.23. The molecule has 138 valence electrons. The fourth-order valence-corrected chi connectivity index (χ4v) is 3.30. The molecule has 0 saturated carbocycles. The average molecular weight is 387 g/mol. The van der Waals surface area contributed by atoms with Gasteiger partial charge in [-0.25, -0.2) is 5.43 Å². The maximum absolute atomic E-state index is 12.1. The number of benzene rings is 2. The summed E-state index contributed by atoms with van der Waals surface area (Å²) in [6.07, 6.45) is 3.37. The Morgan fingerprint density at radius 2 is 1.96 bits per heavy atom. The molecule has 1 amide bonds. The van der Waals surface area contributed by atoms with Crippen molar-refractivity contribution in [1.29, 1.82) is 0 Å². The maximum atomic E-state index is 12.1. The van der Waals surface area contributed by atoms with Crippen molar-refractivity contribution in [3.8, 4) is 5.75 Å². The molecule has 0 bridgehead atoms. The van der Waals surface area contributed by atoms with E-state index in [9.17, 15) is 4.79 Å². The predicted molar refractivity (Wildman–Crippen MR) is 112 cm³/mol. The molecule has 5 nitrogen and oxygen atoms in total. The zero-order valence-electron chi connectivity index (χ0n) is 14.9. The monoisotopic (exact) mass is 387 g/mol. The third-order valence-corrected chi connectivity index (χ3v) is 4.83. The van der Waals surface area contributed by atoms with Gasteiger partial charge in [-0.05, 0) is 46.7 Å². The van der Waals surface area contributed by atoms with E-state index in [0.717, 1.165) is 27.8 Å². The third kappa shape index (κ3) is 4.24. The molecule has 6 heteroatoms. The van der Waals surface area contributed by atoms with Gasteiger partial charge in [0.25, 0.3) is 5.91 Å². The van der Waals surface area contributed by atoms with Crippen molar-refractivity contribution < 1.29 is 9.53 Å². The lowest BCUT2D eigenvalue weighted by atomic mass is 10.1. The van der Waals surface area contributed by atoms with Crippen LogP contribution in [0.1, 0.15) is 21.5 Å². The van der Waals surface area contributed by atoms with E-state index in [1.807, 2.05) is 59.3 Å². The van der Waals surface area contributed by atoms with Crippen LogP contribution in [0.25, 0.3) is 10.9 Å². The van der Waals surface area contributed by atoms with Crippen LogP contribution in [0.15, 0.2) is 82.7 Å². The summed E-state index contributed by atoms with van der Waals surface area (Å²) in [5.74, 6) is 0.486. The van der Waals surface area contributed by atoms with Crippen LogP contribution in [0.4, 0.5) is 0 Å². The lowest BCUT2D eigenvalue weighted by molar-refractivity contribution is 0.0955. The van der Waals surface area contributed by atoms with E-state index in [2.05, 4.69) is 15.5 Å². The molecule has 2 aromatic heterocycles. The molecular formula is C22H17N3O2S. The number of nitrogens with one attached hydrogen (secondary N) is 1. The second-order valence-corrected chi connectivity index (χ2v) is 6.85. The Balaban J connectivity index is 1.37. The first kappa shape index (κ1) is 17.9. The molecule has 4 rings (SSSR count). The van der Waals surface area contributed by atoms with E-state index in [1.54, 1.807) is 35.9 Å². The summed E-state index contributed by atoms with van der Waals surface area (Å²) < 4.78 is 5.93. The van der Waals surface area contributed by atoms with Gasteiger partial charge in [-0.1, -0.05) is 30.3 Å². The summed E-state index contributed by atoms with van der Waals surface area (Å²) in [4.78, 5) is 16.5. The minimum absolute atomic E-state index is 0.253. The van der Waals surface area contributed by atoms with Gasteiger partial charge in [0, 0.05) is 22.7 Å². The summed E-state index contributed by atoms with van der Waals surface area (Å²) in [7, 11) is 0. The number of thiophene rings is 1. The van der Waals surface area contributed by atoms with Gasteiger partial charge in [0.05, 0.1) is 6.21 Å². The Bertz CT molecular complexity index is 1100. The summed E-state index contributed by atoms with van der Waals surface area (Å²) in [5, 5.41) is 8.92. The number of hydrogen-bond acceptors (Lipinski definition) is 5. The minimum Gasteiger partial charge on any atom is -0.487 e. The number of hydrogen-bond donors (Lipinski definition) is 1. The Labute approximate surface area is 166 Å². The molecule has 0 aliphatic heterocycles. The van der Waals surface area contributed by atoms with Crippen molar-refractivity contribution in [2.45, 2.75) is 6.61 Å². The predicted octanol–water partition coefficient (Wildman–Crippen LogP) is 4.64. The van der Waals surface area contributed by atoms with E-state index in [1.165, 1.54) is 0 Å². The summed E-state index contributed by atoms with van der Waals surface area (Å²) >= 11 is 1.58. The quantitative estimate of drug-likeness (QED) is 0.387. The number of aromatic nitrogens is 1. The zero-order valence-corrected chi connectivity index (χ0v) is 15.7. The molecule has 28 heavy (non-hydrogen) atoms. The number of ether oxygens (including phenoxy) is 1. The van der Waals surface area contributed by atoms with Crippen LogP contribution in [0.3, 0.4) is 0 Å². The van der Waals surface area contributed by atoms with E-state index in [4.69, 9.17) is 4.74 Å². The third-order valence-electron chi connectivity index (χ3n) is 4.13. The number of pyridine rings is 1. The highest BCUT2D eigenvalue weighted by Gasteiger charge is 2.06. The number of hydrazone groups is 1. The van der Waals surface area contributed by atoms with Gasteiger partial charge in [-0.3, -0.25) is 9.78 Å². The lowest BCUT2D eigenvalue weighted by Gasteiger charge is -2.09. The Kier molecular flexibility index (Phi) is 5.40. The maximum Gasteiger partial charge on any atom is 0.271 e. The highest BCUT2D eigenvalue weighted by molar-refractivity contribution is 7.08. The standard InChI is InChI=1S/C22H17N3O2S/c26-22(25-24-13-17-10-12-28-15-17)19-8-6-16(7-9-19)14-27-20-5-1-3-18-4-2-11-23-21(18)20/h1-13,15H,14H2,(H,25,26)/b24-13+. The van der Waals surface area contributed by atoms with Gasteiger partial charge in [0.2, 0.25) is 0 Å². The molecular weight excluding hydrogens is 370 g/mol. The average Bonchev–Trinajstić information content (AvgIpc) is 3.26. The molecule has 2 aromatic carbocycles. The molecule has 1 N–H and O–H groups in total. The van der Waals surface area contributed by atoms with Crippen molar-refractivity contribution >= 4 is 34.4 Å². The lowest BCUT2D eigenvalue weighted by Crippen LogP contribution is -2.17. The molecule has 0 unspecified atom stereocenters. The van der Waals surface area contributed by atoms with Gasteiger partial charge < -0.3 is 4.74 Å². The molecule has 0 spiro atoms. The van der Waals surface area contributed by atoms with E-state index < -0.39 is 0 Å². The SMILES string of the molecule is O=C(N/N=C/c1ccsc1)c1ccc(COc2cccc3cccnc23)cc1. The number of carbonyl (C=O) groups excluding carboxylic acids is 1. The molecule has 0 fully saturated rings. The van der Waals surface area contributed by atoms with Gasteiger partial charge >= 0.3 is 0 Å². The number of rotatable bonds is 6. The fraction of sp³-hybridized carbons (Fsp3) is 0.0455. The van der Waals surface area contributed by atoms with Crippen molar-refractivity contribution in [2.75, 3.05) is 0 Å². The van der Waals surface area contributed by atoms with Gasteiger partial charge in [0.15, 0.2) is 0 Å². The molecule has 0 radical (unpaired) electrons. The van der Waals surface area contributed by atoms with Crippen LogP contribution in [-0.2, 0) is 6.61 Å². The number of para-hydroxylation sites is 1. The zero-order chi connectivity index (χ0) is 19.2. The molecule has 0 saturated heterocycles. The fourth-order valence-electron chi connectivity index (χ4n) is 2.68. The van der Waals surface area contributed by atoms with Gasteiger partial charge in [-0.15, -0.1) is 0 Å². The van der Waals surface area contributed by atoms with Crippen LogP contribution >= 0.6 is 11.3 Å². The first-order chi connectivity index (χ1) is 13.8. The minimum atomic E-state index is -0.253. The summed E-state index contributed by atoms with van der Waals surface area (Å²) in [6, 6.07) is 19.0. The van der Waals surface area contributed by atoms with Crippen LogP contribution in [0.5, 0.6) is 5.75 Å².